The molecule has 2 aromatic heterocycles. The summed E-state index contributed by atoms with van der Waals surface area (Å²) in [7, 11) is 1.60. The Bertz CT molecular complexity index is 712. The smallest absolute Gasteiger partial charge is 0.320 e. The third-order valence-corrected chi connectivity index (χ3v) is 4.53. The lowest BCUT2D eigenvalue weighted by molar-refractivity contribution is 0.0608. The minimum absolute atomic E-state index is 0.0376. The van der Waals surface area contributed by atoms with E-state index in [1.54, 1.807) is 7.11 Å². The van der Waals surface area contributed by atoms with E-state index in [1.165, 1.54) is 0 Å². The summed E-state index contributed by atoms with van der Waals surface area (Å²) < 4.78 is 18.7. The van der Waals surface area contributed by atoms with E-state index in [-0.39, 0.29) is 6.10 Å². The molecule has 0 spiro atoms. The number of ether oxygens (including phenoxy) is 3. The molecule has 2 aromatic rings. The van der Waals surface area contributed by atoms with Crippen molar-refractivity contribution in [2.75, 3.05) is 26.1 Å². The van der Waals surface area contributed by atoms with E-state index in [4.69, 9.17) is 19.9 Å². The Labute approximate surface area is 147 Å². The normalized spacial score (nSPS) is 16.9. The molecule has 3 heterocycles. The van der Waals surface area contributed by atoms with Crippen LogP contribution in [0.25, 0.3) is 11.2 Å². The molecule has 0 amide bonds. The summed E-state index contributed by atoms with van der Waals surface area (Å²) in [5, 5.41) is 0. The number of methoxy groups -OCH3 is 1. The van der Waals surface area contributed by atoms with Crippen molar-refractivity contribution in [1.29, 1.82) is 0 Å². The first-order chi connectivity index (χ1) is 12.1. The van der Waals surface area contributed by atoms with E-state index in [0.717, 1.165) is 45.4 Å². The second-order valence-corrected chi connectivity index (χ2v) is 6.55. The maximum atomic E-state index is 6.09. The highest BCUT2D eigenvalue weighted by Crippen LogP contribution is 2.28. The number of nitrogen functional groups attached to an aromatic ring is 1. The maximum absolute atomic E-state index is 6.09. The standard InChI is InChI=1S/C17H27N5O3/c1-4-5-11(2)25-16-20-14(18)13-15(21-16)22(17(19-13)23-3)10-12-6-8-24-9-7-12/h11-12H,4-10H2,1-3H3,(H2,18,20,21). The van der Waals surface area contributed by atoms with Crippen molar-refractivity contribution in [1.82, 2.24) is 19.5 Å². The quantitative estimate of drug-likeness (QED) is 0.819. The molecule has 0 radical (unpaired) electrons. The molecular formula is C17H27N5O3. The van der Waals surface area contributed by atoms with Crippen LogP contribution < -0.4 is 15.2 Å². The van der Waals surface area contributed by atoms with Gasteiger partial charge in [0.05, 0.1) is 13.2 Å². The van der Waals surface area contributed by atoms with Gasteiger partial charge in [0.1, 0.15) is 0 Å². The first-order valence-electron chi connectivity index (χ1n) is 8.94. The van der Waals surface area contributed by atoms with Crippen molar-refractivity contribution in [3.63, 3.8) is 0 Å². The molecule has 1 saturated heterocycles. The van der Waals surface area contributed by atoms with Gasteiger partial charge < -0.3 is 19.9 Å². The lowest BCUT2D eigenvalue weighted by atomic mass is 10.0. The third kappa shape index (κ3) is 3.95. The summed E-state index contributed by atoms with van der Waals surface area (Å²) in [6, 6.07) is 0.794. The molecule has 2 N–H and O–H groups in total. The Hall–Kier alpha value is -2.09. The van der Waals surface area contributed by atoms with Gasteiger partial charge in [-0.1, -0.05) is 13.3 Å². The van der Waals surface area contributed by atoms with Crippen molar-refractivity contribution in [3.8, 4) is 12.0 Å². The number of imidazole rings is 1. The van der Waals surface area contributed by atoms with Crippen LogP contribution in [0.4, 0.5) is 5.82 Å². The number of hydrogen-bond donors (Lipinski definition) is 1. The second kappa shape index (κ2) is 7.86. The predicted molar refractivity (Wildman–Crippen MR) is 94.8 cm³/mol. The minimum Gasteiger partial charge on any atom is -0.468 e. The van der Waals surface area contributed by atoms with Gasteiger partial charge in [0.25, 0.3) is 6.01 Å². The average molecular weight is 349 g/mol. The van der Waals surface area contributed by atoms with E-state index in [1.807, 2.05) is 11.5 Å². The summed E-state index contributed by atoms with van der Waals surface area (Å²) in [6.07, 6.45) is 4.04. The van der Waals surface area contributed by atoms with E-state index in [0.29, 0.717) is 34.9 Å². The summed E-state index contributed by atoms with van der Waals surface area (Å²) in [4.78, 5) is 13.3. The van der Waals surface area contributed by atoms with Gasteiger partial charge in [-0.3, -0.25) is 4.57 Å². The van der Waals surface area contributed by atoms with Gasteiger partial charge in [-0.15, -0.1) is 0 Å². The lowest BCUT2D eigenvalue weighted by Crippen LogP contribution is -2.21. The number of nitrogens with two attached hydrogens (primary N) is 1. The van der Waals surface area contributed by atoms with Crippen LogP contribution in [0.2, 0.25) is 0 Å². The molecular weight excluding hydrogens is 322 g/mol. The van der Waals surface area contributed by atoms with E-state index in [2.05, 4.69) is 21.9 Å². The van der Waals surface area contributed by atoms with Crippen LogP contribution in [0.5, 0.6) is 12.0 Å². The Kier molecular flexibility index (Phi) is 5.57. The van der Waals surface area contributed by atoms with Crippen molar-refractivity contribution in [2.24, 2.45) is 5.92 Å². The van der Waals surface area contributed by atoms with Gasteiger partial charge in [0, 0.05) is 19.8 Å². The summed E-state index contributed by atoms with van der Waals surface area (Å²) >= 11 is 0. The fourth-order valence-corrected chi connectivity index (χ4v) is 3.19. The Morgan fingerprint density at radius 2 is 2.04 bits per heavy atom. The maximum Gasteiger partial charge on any atom is 0.320 e. The van der Waals surface area contributed by atoms with E-state index >= 15 is 0 Å². The van der Waals surface area contributed by atoms with Crippen molar-refractivity contribution >= 4 is 17.0 Å². The van der Waals surface area contributed by atoms with Crippen LogP contribution in [0.3, 0.4) is 0 Å². The van der Waals surface area contributed by atoms with Crippen LogP contribution in [0.1, 0.15) is 39.5 Å². The highest BCUT2D eigenvalue weighted by atomic mass is 16.5. The molecule has 0 bridgehead atoms. The zero-order valence-corrected chi connectivity index (χ0v) is 15.2. The fraction of sp³-hybridized carbons (Fsp3) is 0.706. The molecule has 3 rings (SSSR count). The first-order valence-corrected chi connectivity index (χ1v) is 8.94. The molecule has 0 aromatic carbocycles. The van der Waals surface area contributed by atoms with Gasteiger partial charge in [0.15, 0.2) is 17.0 Å². The third-order valence-electron chi connectivity index (χ3n) is 4.53. The minimum atomic E-state index is 0.0376. The molecule has 8 nitrogen and oxygen atoms in total. The number of hydrogen-bond acceptors (Lipinski definition) is 7. The average Bonchev–Trinajstić information content (AvgIpc) is 2.94. The van der Waals surface area contributed by atoms with Crippen LogP contribution in [-0.2, 0) is 11.3 Å². The molecule has 0 saturated carbocycles. The predicted octanol–water partition coefficient (Wildman–Crippen LogP) is 2.41. The molecule has 8 heteroatoms. The van der Waals surface area contributed by atoms with Crippen LogP contribution >= 0.6 is 0 Å². The van der Waals surface area contributed by atoms with Crippen molar-refractivity contribution < 1.29 is 14.2 Å². The zero-order valence-electron chi connectivity index (χ0n) is 15.2. The molecule has 1 aliphatic rings. The fourth-order valence-electron chi connectivity index (χ4n) is 3.19. The molecule has 0 aliphatic carbocycles. The number of aromatic nitrogens is 4. The highest BCUT2D eigenvalue weighted by Gasteiger charge is 2.22. The van der Waals surface area contributed by atoms with Gasteiger partial charge in [-0.25, -0.2) is 0 Å². The number of fused-ring (bicyclic) bond motifs is 1. The summed E-state index contributed by atoms with van der Waals surface area (Å²) in [6.45, 7) is 6.47. The topological polar surface area (TPSA) is 97.3 Å². The monoisotopic (exact) mass is 349 g/mol. The van der Waals surface area contributed by atoms with E-state index < -0.39 is 0 Å². The van der Waals surface area contributed by atoms with Gasteiger partial charge in [0.2, 0.25) is 0 Å². The number of rotatable bonds is 7. The summed E-state index contributed by atoms with van der Waals surface area (Å²) in [5.74, 6) is 0.812. The summed E-state index contributed by atoms with van der Waals surface area (Å²) in [5.41, 5.74) is 7.31. The van der Waals surface area contributed by atoms with Gasteiger partial charge >= 0.3 is 6.01 Å². The Morgan fingerprint density at radius 1 is 1.28 bits per heavy atom. The van der Waals surface area contributed by atoms with Crippen LogP contribution in [0.15, 0.2) is 0 Å². The Balaban J connectivity index is 1.94. The van der Waals surface area contributed by atoms with E-state index in [9.17, 15) is 0 Å². The second-order valence-electron chi connectivity index (χ2n) is 6.55. The van der Waals surface area contributed by atoms with Crippen LogP contribution in [0, 0.1) is 5.92 Å². The van der Waals surface area contributed by atoms with Gasteiger partial charge in [-0.2, -0.15) is 15.0 Å². The SMILES string of the molecule is CCCC(C)Oc1nc(N)c2nc(OC)n(CC3CCOCC3)c2n1. The highest BCUT2D eigenvalue weighted by molar-refractivity contribution is 5.83. The molecule has 1 aliphatic heterocycles. The largest absolute Gasteiger partial charge is 0.468 e. The Morgan fingerprint density at radius 3 is 2.72 bits per heavy atom. The zero-order chi connectivity index (χ0) is 17.8. The number of nitrogens with zero attached hydrogens (tertiary/aromatic N) is 4. The van der Waals surface area contributed by atoms with Crippen LogP contribution in [-0.4, -0.2) is 45.9 Å². The first kappa shape index (κ1) is 17.7. The lowest BCUT2D eigenvalue weighted by Gasteiger charge is -2.22. The number of anilines is 1. The molecule has 1 fully saturated rings. The molecule has 1 atom stereocenters. The van der Waals surface area contributed by atoms with Gasteiger partial charge in [-0.05, 0) is 32.1 Å². The van der Waals surface area contributed by atoms with Crippen molar-refractivity contribution in [2.45, 2.75) is 52.2 Å². The van der Waals surface area contributed by atoms with Crippen molar-refractivity contribution in [3.05, 3.63) is 0 Å². The molecule has 138 valence electrons. The molecule has 25 heavy (non-hydrogen) atoms. The molecule has 1 unspecified atom stereocenters.